The molecular formula is C20H21N3O5S. The Morgan fingerprint density at radius 1 is 1.21 bits per heavy atom. The lowest BCUT2D eigenvalue weighted by Crippen LogP contribution is -2.73. The van der Waals surface area contributed by atoms with Crippen molar-refractivity contribution in [2.24, 2.45) is 0 Å². The summed E-state index contributed by atoms with van der Waals surface area (Å²) < 4.78 is 0. The van der Waals surface area contributed by atoms with Crippen LogP contribution < -0.4 is 0 Å². The first-order chi connectivity index (χ1) is 13.7. The van der Waals surface area contributed by atoms with Crippen LogP contribution >= 0.6 is 11.8 Å². The van der Waals surface area contributed by atoms with Crippen LogP contribution in [-0.4, -0.2) is 66.8 Å². The number of β-lactam (4-membered cyclic amide) rings is 1. The van der Waals surface area contributed by atoms with Gasteiger partial charge in [-0.05, 0) is 31.9 Å². The lowest BCUT2D eigenvalue weighted by atomic mass is 9.98. The second-order valence-electron chi connectivity index (χ2n) is 7.82. The molecule has 3 aliphatic rings. The van der Waals surface area contributed by atoms with Crippen LogP contribution in [0.15, 0.2) is 41.6 Å². The molecule has 1 aromatic carbocycles. The number of carbonyl (C=O) groups excluding carboxylic acids is 3. The molecule has 0 spiro atoms. The Morgan fingerprint density at radius 2 is 1.86 bits per heavy atom. The van der Waals surface area contributed by atoms with Crippen LogP contribution in [0.3, 0.4) is 0 Å². The van der Waals surface area contributed by atoms with Crippen molar-refractivity contribution in [1.29, 1.82) is 0 Å². The van der Waals surface area contributed by atoms with E-state index in [1.165, 1.54) is 26.5 Å². The Bertz CT molecular complexity index is 945. The highest BCUT2D eigenvalue weighted by molar-refractivity contribution is 8.00. The SMILES string of the molecule is CC1=C(C(=O)O)N2C(=O)C(N3C(=O)C(c4ccccc4)N(C=O)C3(C)C)[C@H]2SC1. The van der Waals surface area contributed by atoms with E-state index in [0.717, 1.165) is 0 Å². The van der Waals surface area contributed by atoms with E-state index in [1.807, 2.05) is 6.07 Å². The van der Waals surface area contributed by atoms with Crippen LogP contribution in [0.2, 0.25) is 0 Å². The Morgan fingerprint density at radius 3 is 2.45 bits per heavy atom. The van der Waals surface area contributed by atoms with Gasteiger partial charge in [-0.25, -0.2) is 4.79 Å². The quantitative estimate of drug-likeness (QED) is 0.590. The highest BCUT2D eigenvalue weighted by Crippen LogP contribution is 2.48. The van der Waals surface area contributed by atoms with Gasteiger partial charge in [0, 0.05) is 5.75 Å². The summed E-state index contributed by atoms with van der Waals surface area (Å²) in [4.78, 5) is 54.2. The van der Waals surface area contributed by atoms with Crippen LogP contribution in [-0.2, 0) is 19.2 Å². The number of hydrogen-bond donors (Lipinski definition) is 1. The lowest BCUT2D eigenvalue weighted by Gasteiger charge is -2.54. The summed E-state index contributed by atoms with van der Waals surface area (Å²) in [6.07, 6.45) is 0.636. The molecule has 1 aromatic rings. The minimum Gasteiger partial charge on any atom is -0.477 e. The van der Waals surface area contributed by atoms with Crippen molar-refractivity contribution < 1.29 is 24.3 Å². The Labute approximate surface area is 172 Å². The highest BCUT2D eigenvalue weighted by atomic mass is 32.2. The van der Waals surface area contributed by atoms with Gasteiger partial charge >= 0.3 is 5.97 Å². The number of fused-ring (bicyclic) bond motifs is 1. The van der Waals surface area contributed by atoms with Crippen molar-refractivity contribution in [2.45, 2.75) is 43.9 Å². The number of aliphatic carboxylic acids is 1. The second kappa shape index (κ2) is 6.62. The number of rotatable bonds is 4. The molecule has 1 N–H and O–H groups in total. The zero-order valence-corrected chi connectivity index (χ0v) is 17.0. The first-order valence-electron chi connectivity index (χ1n) is 9.21. The van der Waals surface area contributed by atoms with Crippen LogP contribution in [0.25, 0.3) is 0 Å². The fraction of sp³-hybridized carbons (Fsp3) is 0.400. The van der Waals surface area contributed by atoms with E-state index in [9.17, 15) is 24.3 Å². The molecule has 4 rings (SSSR count). The van der Waals surface area contributed by atoms with Gasteiger partial charge in [0.2, 0.25) is 6.41 Å². The van der Waals surface area contributed by atoms with Crippen LogP contribution in [0.4, 0.5) is 0 Å². The zero-order valence-electron chi connectivity index (χ0n) is 16.2. The lowest BCUT2D eigenvalue weighted by molar-refractivity contribution is -0.164. The van der Waals surface area contributed by atoms with Crippen molar-refractivity contribution in [1.82, 2.24) is 14.7 Å². The van der Waals surface area contributed by atoms with E-state index >= 15 is 0 Å². The fourth-order valence-corrected chi connectivity index (χ4v) is 5.76. The first-order valence-corrected chi connectivity index (χ1v) is 10.3. The van der Waals surface area contributed by atoms with E-state index in [-0.39, 0.29) is 11.6 Å². The molecule has 3 aliphatic heterocycles. The number of carboxylic acids is 1. The number of hydrogen-bond acceptors (Lipinski definition) is 5. The molecule has 152 valence electrons. The molecule has 0 aromatic heterocycles. The minimum atomic E-state index is -1.15. The standard InChI is InChI=1S/C20H21N3O5S/c1-11-9-29-18-15(16(25)22(18)13(11)19(27)28)23-17(26)14(12-7-5-4-6-8-12)21(10-24)20(23,2)3/h4-8,10,14-15,18H,9H2,1-3H3,(H,27,28)/t14?,15?,18-/m1/s1. The molecule has 3 amide bonds. The molecule has 0 aliphatic carbocycles. The Balaban J connectivity index is 1.73. The molecule has 9 heteroatoms. The molecule has 2 saturated heterocycles. The normalized spacial score (nSPS) is 28.4. The first kappa shape index (κ1) is 19.5. The van der Waals surface area contributed by atoms with Gasteiger partial charge in [-0.2, -0.15) is 0 Å². The molecule has 0 saturated carbocycles. The maximum atomic E-state index is 13.4. The van der Waals surface area contributed by atoms with E-state index in [4.69, 9.17) is 0 Å². The zero-order chi connectivity index (χ0) is 21.1. The van der Waals surface area contributed by atoms with Crippen molar-refractivity contribution in [3.05, 3.63) is 47.2 Å². The van der Waals surface area contributed by atoms with Crippen LogP contribution in [0.1, 0.15) is 32.4 Å². The fourth-order valence-electron chi connectivity index (χ4n) is 4.43. The van der Waals surface area contributed by atoms with Gasteiger partial charge in [-0.1, -0.05) is 30.3 Å². The van der Waals surface area contributed by atoms with Gasteiger partial charge in [0.25, 0.3) is 11.8 Å². The molecule has 29 heavy (non-hydrogen) atoms. The summed E-state index contributed by atoms with van der Waals surface area (Å²) in [6, 6.07) is 7.32. The van der Waals surface area contributed by atoms with Crippen molar-refractivity contribution in [3.8, 4) is 0 Å². The number of nitrogens with zero attached hydrogens (tertiary/aromatic N) is 3. The summed E-state index contributed by atoms with van der Waals surface area (Å²) in [6.45, 7) is 5.15. The van der Waals surface area contributed by atoms with E-state index in [2.05, 4.69) is 0 Å². The largest absolute Gasteiger partial charge is 0.477 e. The third-order valence-corrected chi connectivity index (χ3v) is 7.22. The van der Waals surface area contributed by atoms with Gasteiger partial charge in [-0.3, -0.25) is 19.3 Å². The maximum Gasteiger partial charge on any atom is 0.352 e. The van der Waals surface area contributed by atoms with Crippen molar-refractivity contribution >= 4 is 36.0 Å². The number of thioether (sulfide) groups is 1. The molecular weight excluding hydrogens is 394 g/mol. The van der Waals surface area contributed by atoms with Gasteiger partial charge < -0.3 is 14.9 Å². The van der Waals surface area contributed by atoms with E-state index in [1.54, 1.807) is 45.0 Å². The summed E-state index contributed by atoms with van der Waals surface area (Å²) in [5, 5.41) is 9.05. The number of amides is 3. The smallest absolute Gasteiger partial charge is 0.352 e. The molecule has 3 heterocycles. The molecule has 0 radical (unpaired) electrons. The monoisotopic (exact) mass is 415 g/mol. The van der Waals surface area contributed by atoms with E-state index < -0.39 is 35.0 Å². The van der Waals surface area contributed by atoms with Gasteiger partial charge in [-0.15, -0.1) is 11.8 Å². The molecule has 0 bridgehead atoms. The predicted octanol–water partition coefficient (Wildman–Crippen LogP) is 1.41. The number of carbonyl (C=O) groups is 4. The minimum absolute atomic E-state index is 0.00805. The van der Waals surface area contributed by atoms with Crippen LogP contribution in [0, 0.1) is 0 Å². The highest BCUT2D eigenvalue weighted by Gasteiger charge is 2.64. The predicted molar refractivity (Wildman–Crippen MR) is 105 cm³/mol. The Kier molecular flexibility index (Phi) is 4.45. The summed E-state index contributed by atoms with van der Waals surface area (Å²) >= 11 is 1.43. The average Bonchev–Trinajstić information content (AvgIpc) is 2.88. The average molecular weight is 415 g/mol. The van der Waals surface area contributed by atoms with Crippen molar-refractivity contribution in [3.63, 3.8) is 0 Å². The van der Waals surface area contributed by atoms with Crippen molar-refractivity contribution in [2.75, 3.05) is 5.75 Å². The Hall–Kier alpha value is -2.81. The maximum absolute atomic E-state index is 13.4. The van der Waals surface area contributed by atoms with Crippen LogP contribution in [0.5, 0.6) is 0 Å². The molecule has 2 unspecified atom stereocenters. The third-order valence-electron chi connectivity index (χ3n) is 5.81. The second-order valence-corrected chi connectivity index (χ2v) is 8.92. The molecule has 3 atom stereocenters. The molecule has 8 nitrogen and oxygen atoms in total. The van der Waals surface area contributed by atoms with Gasteiger partial charge in [0.05, 0.1) is 0 Å². The third kappa shape index (κ3) is 2.60. The molecule has 2 fully saturated rings. The van der Waals surface area contributed by atoms with E-state index in [0.29, 0.717) is 23.3 Å². The van der Waals surface area contributed by atoms with Gasteiger partial charge in [0.15, 0.2) is 0 Å². The summed E-state index contributed by atoms with van der Waals surface area (Å²) in [7, 11) is 0. The summed E-state index contributed by atoms with van der Waals surface area (Å²) in [5.41, 5.74) is 0.244. The number of carboxylic acid groups (broad SMARTS) is 1. The topological polar surface area (TPSA) is 98.2 Å². The number of benzene rings is 1. The summed E-state index contributed by atoms with van der Waals surface area (Å²) in [5.74, 6) is -1.45. The van der Waals surface area contributed by atoms with Gasteiger partial charge in [0.1, 0.15) is 28.8 Å².